The number of carbonyl (C=O) groups is 1. The molecule has 0 radical (unpaired) electrons. The molecule has 30 heavy (non-hydrogen) atoms. The quantitative estimate of drug-likeness (QED) is 0.649. The molecular formula is C19H19F5N4O2. The molecule has 0 bridgehead atoms. The molecule has 0 spiro atoms. The number of hydrazine groups is 1. The van der Waals surface area contributed by atoms with Gasteiger partial charge in [0.05, 0.1) is 12.8 Å². The molecule has 1 saturated heterocycles. The summed E-state index contributed by atoms with van der Waals surface area (Å²) >= 11 is 0. The second kappa shape index (κ2) is 8.44. The Hall–Kier alpha value is -2.92. The predicted octanol–water partition coefficient (Wildman–Crippen LogP) is 3.59. The lowest BCUT2D eigenvalue weighted by atomic mass is 9.90. The summed E-state index contributed by atoms with van der Waals surface area (Å²) in [5.41, 5.74) is 2.32. The van der Waals surface area contributed by atoms with E-state index < -0.39 is 42.0 Å². The number of likely N-dealkylation sites (N-methyl/N-ethyl adjacent to an activating group) is 1. The van der Waals surface area contributed by atoms with Gasteiger partial charge in [0.1, 0.15) is 29.6 Å². The molecule has 3 N–H and O–H groups in total. The molecule has 0 saturated carbocycles. The van der Waals surface area contributed by atoms with E-state index in [1.54, 1.807) is 0 Å². The zero-order chi connectivity index (χ0) is 22.1. The van der Waals surface area contributed by atoms with Gasteiger partial charge in [-0.3, -0.25) is 0 Å². The molecule has 0 aromatic heterocycles. The van der Waals surface area contributed by atoms with Crippen LogP contribution in [0.5, 0.6) is 5.75 Å². The summed E-state index contributed by atoms with van der Waals surface area (Å²) in [5.74, 6) is -2.57. The van der Waals surface area contributed by atoms with Gasteiger partial charge in [0.15, 0.2) is 0 Å². The van der Waals surface area contributed by atoms with Gasteiger partial charge in [-0.25, -0.2) is 24.0 Å². The smallest absolute Gasteiger partial charge is 0.405 e. The van der Waals surface area contributed by atoms with Crippen molar-refractivity contribution in [1.82, 2.24) is 15.8 Å². The van der Waals surface area contributed by atoms with Crippen molar-refractivity contribution in [1.29, 1.82) is 0 Å². The van der Waals surface area contributed by atoms with Gasteiger partial charge in [-0.15, -0.1) is 0 Å². The van der Waals surface area contributed by atoms with Gasteiger partial charge in [0.2, 0.25) is 0 Å². The van der Waals surface area contributed by atoms with E-state index in [1.165, 1.54) is 38.4 Å². The molecule has 1 heterocycles. The van der Waals surface area contributed by atoms with Gasteiger partial charge in [0, 0.05) is 19.0 Å². The molecule has 3 rings (SSSR count). The zero-order valence-electron chi connectivity index (χ0n) is 15.9. The lowest BCUT2D eigenvalue weighted by molar-refractivity contribution is -0.159. The van der Waals surface area contributed by atoms with Gasteiger partial charge in [-0.05, 0) is 29.8 Å². The number of hydrogen-bond donors (Lipinski definition) is 3. The van der Waals surface area contributed by atoms with Crippen LogP contribution in [0.25, 0.3) is 0 Å². The highest BCUT2D eigenvalue weighted by Crippen LogP contribution is 2.39. The number of benzene rings is 2. The molecule has 2 aromatic rings. The van der Waals surface area contributed by atoms with Crippen molar-refractivity contribution in [2.45, 2.75) is 24.3 Å². The van der Waals surface area contributed by atoms with Gasteiger partial charge >= 0.3 is 12.2 Å². The fourth-order valence-corrected chi connectivity index (χ4v) is 3.35. The van der Waals surface area contributed by atoms with Crippen molar-refractivity contribution >= 4 is 11.7 Å². The average Bonchev–Trinajstić information content (AvgIpc) is 3.01. The molecule has 1 aliphatic heterocycles. The number of alkyl halides is 3. The minimum Gasteiger partial charge on any atom is -0.497 e. The highest BCUT2D eigenvalue weighted by molar-refractivity contribution is 5.89. The Kier molecular flexibility index (Phi) is 6.13. The maximum absolute atomic E-state index is 13.8. The van der Waals surface area contributed by atoms with Crippen LogP contribution in [-0.2, 0) is 0 Å². The van der Waals surface area contributed by atoms with Crippen LogP contribution in [0.1, 0.15) is 11.5 Å². The monoisotopic (exact) mass is 430 g/mol. The number of methoxy groups -OCH3 is 1. The number of anilines is 1. The SMILES string of the molecule is COc1ccc(C2C(NC(=O)Nc3ccc(F)cc3F)N(C)NC2C(F)(F)F)cc1. The van der Waals surface area contributed by atoms with Crippen molar-refractivity contribution in [2.75, 3.05) is 19.5 Å². The number of carbonyl (C=O) groups excluding carboxylic acids is 1. The van der Waals surface area contributed by atoms with Crippen molar-refractivity contribution in [3.05, 3.63) is 59.7 Å². The summed E-state index contributed by atoms with van der Waals surface area (Å²) in [4.78, 5) is 12.3. The summed E-state index contributed by atoms with van der Waals surface area (Å²) in [6, 6.07) is 5.63. The lowest BCUT2D eigenvalue weighted by Crippen LogP contribution is -2.48. The Morgan fingerprint density at radius 1 is 1.13 bits per heavy atom. The van der Waals surface area contributed by atoms with E-state index in [2.05, 4.69) is 16.1 Å². The Labute approximate surface area is 169 Å². The van der Waals surface area contributed by atoms with Crippen LogP contribution in [0.3, 0.4) is 0 Å². The van der Waals surface area contributed by atoms with Crippen LogP contribution in [0.2, 0.25) is 0 Å². The molecule has 2 aromatic carbocycles. The number of ether oxygens (including phenoxy) is 1. The van der Waals surface area contributed by atoms with Crippen LogP contribution < -0.4 is 20.8 Å². The highest BCUT2D eigenvalue weighted by atomic mass is 19.4. The zero-order valence-corrected chi connectivity index (χ0v) is 15.9. The fraction of sp³-hybridized carbons (Fsp3) is 0.316. The molecular weight excluding hydrogens is 411 g/mol. The average molecular weight is 430 g/mol. The molecule has 1 aliphatic rings. The van der Waals surface area contributed by atoms with Crippen molar-refractivity contribution in [3.8, 4) is 5.75 Å². The molecule has 11 heteroatoms. The van der Waals surface area contributed by atoms with Crippen LogP contribution in [0.15, 0.2) is 42.5 Å². The number of nitrogens with one attached hydrogen (secondary N) is 3. The number of hydrogen-bond acceptors (Lipinski definition) is 4. The molecule has 2 amide bonds. The van der Waals surface area contributed by atoms with E-state index in [0.717, 1.165) is 17.1 Å². The van der Waals surface area contributed by atoms with E-state index in [-0.39, 0.29) is 5.69 Å². The van der Waals surface area contributed by atoms with E-state index in [4.69, 9.17) is 4.74 Å². The number of urea groups is 1. The molecule has 3 atom stereocenters. The highest BCUT2D eigenvalue weighted by Gasteiger charge is 2.54. The summed E-state index contributed by atoms with van der Waals surface area (Å²) in [5, 5.41) is 5.73. The Balaban J connectivity index is 1.85. The van der Waals surface area contributed by atoms with Crippen LogP contribution >= 0.6 is 0 Å². The first-order chi connectivity index (χ1) is 14.1. The third kappa shape index (κ3) is 4.62. The largest absolute Gasteiger partial charge is 0.497 e. The van der Waals surface area contributed by atoms with E-state index in [1.807, 2.05) is 0 Å². The molecule has 162 valence electrons. The summed E-state index contributed by atoms with van der Waals surface area (Å²) in [7, 11) is 2.79. The third-order valence-electron chi connectivity index (χ3n) is 4.77. The van der Waals surface area contributed by atoms with Crippen molar-refractivity contribution in [2.24, 2.45) is 0 Å². The van der Waals surface area contributed by atoms with Gasteiger partial charge < -0.3 is 15.4 Å². The number of nitrogens with zero attached hydrogens (tertiary/aromatic N) is 1. The molecule has 3 unspecified atom stereocenters. The number of rotatable bonds is 4. The first kappa shape index (κ1) is 21.8. The summed E-state index contributed by atoms with van der Waals surface area (Å²) in [6.45, 7) is 0. The van der Waals surface area contributed by atoms with Gasteiger partial charge in [-0.1, -0.05) is 12.1 Å². The Morgan fingerprint density at radius 3 is 2.37 bits per heavy atom. The van der Waals surface area contributed by atoms with E-state index in [0.29, 0.717) is 17.4 Å². The van der Waals surface area contributed by atoms with Crippen molar-refractivity contribution < 1.29 is 31.5 Å². The Bertz CT molecular complexity index is 907. The van der Waals surface area contributed by atoms with Gasteiger partial charge in [-0.2, -0.15) is 13.2 Å². The van der Waals surface area contributed by atoms with Crippen LogP contribution in [0.4, 0.5) is 32.4 Å². The maximum atomic E-state index is 13.8. The standard InChI is InChI=1S/C19H19F5N4O2/c1-28-17(26-18(29)25-14-8-5-11(20)9-13(14)21)15(16(27-28)19(22,23)24)10-3-6-12(30-2)7-4-10/h3-9,15-17,27H,1-2H3,(H2,25,26,29). The third-order valence-corrected chi connectivity index (χ3v) is 4.77. The van der Waals surface area contributed by atoms with Crippen molar-refractivity contribution in [3.63, 3.8) is 0 Å². The maximum Gasteiger partial charge on any atom is 0.405 e. The summed E-state index contributed by atoms with van der Waals surface area (Å²) < 4.78 is 72.7. The molecule has 0 aliphatic carbocycles. The Morgan fingerprint density at radius 2 is 1.80 bits per heavy atom. The number of halogens is 5. The topological polar surface area (TPSA) is 65.6 Å². The lowest BCUT2D eigenvalue weighted by Gasteiger charge is -2.27. The minimum absolute atomic E-state index is 0.309. The molecule has 1 fully saturated rings. The predicted molar refractivity (Wildman–Crippen MR) is 98.8 cm³/mol. The van der Waals surface area contributed by atoms with E-state index >= 15 is 0 Å². The normalized spacial score (nSPS) is 22.0. The molecule has 6 nitrogen and oxygen atoms in total. The van der Waals surface area contributed by atoms with E-state index in [9.17, 15) is 26.7 Å². The minimum atomic E-state index is -4.60. The van der Waals surface area contributed by atoms with Crippen LogP contribution in [0, 0.1) is 11.6 Å². The number of amides is 2. The van der Waals surface area contributed by atoms with Crippen LogP contribution in [-0.4, -0.2) is 43.6 Å². The first-order valence-electron chi connectivity index (χ1n) is 8.82. The fourth-order valence-electron chi connectivity index (χ4n) is 3.35. The van der Waals surface area contributed by atoms with Gasteiger partial charge in [0.25, 0.3) is 0 Å². The second-order valence-electron chi connectivity index (χ2n) is 6.73. The second-order valence-corrected chi connectivity index (χ2v) is 6.73. The first-order valence-corrected chi connectivity index (χ1v) is 8.82. The summed E-state index contributed by atoms with van der Waals surface area (Å²) in [6.07, 6.45) is -5.72.